The molecule has 0 atom stereocenters. The molecule has 0 bridgehead atoms. The number of rotatable bonds is 8. The fourth-order valence-electron chi connectivity index (χ4n) is 3.89. The first-order valence-electron chi connectivity index (χ1n) is 10.7. The van der Waals surface area contributed by atoms with Gasteiger partial charge in [0.15, 0.2) is 0 Å². The number of nitrogens with zero attached hydrogens (tertiary/aromatic N) is 1. The average Bonchev–Trinajstić information content (AvgIpc) is 3.52. The SMILES string of the molecule is Cc1c(CCC(=O)O)ccc(OCc2c(-c3ccc(C4CC4)cc3)nsc2C(F)(F)F)c1C. The molecule has 2 aromatic carbocycles. The summed E-state index contributed by atoms with van der Waals surface area (Å²) in [6, 6.07) is 11.1. The molecule has 0 amide bonds. The van der Waals surface area contributed by atoms with Crippen molar-refractivity contribution < 1.29 is 27.8 Å². The van der Waals surface area contributed by atoms with Crippen LogP contribution in [0.25, 0.3) is 11.3 Å². The molecule has 1 fully saturated rings. The van der Waals surface area contributed by atoms with Crippen LogP contribution in [-0.4, -0.2) is 15.4 Å². The molecule has 1 aliphatic carbocycles. The molecular weight excluding hydrogens is 451 g/mol. The number of ether oxygens (including phenoxy) is 1. The molecule has 1 N–H and O–H groups in total. The number of aryl methyl sites for hydroxylation is 1. The minimum absolute atomic E-state index is 0.0128. The zero-order valence-electron chi connectivity index (χ0n) is 18.3. The van der Waals surface area contributed by atoms with Gasteiger partial charge in [0.25, 0.3) is 0 Å². The number of aromatic nitrogens is 1. The summed E-state index contributed by atoms with van der Waals surface area (Å²) in [5, 5.41) is 8.91. The van der Waals surface area contributed by atoms with Crippen molar-refractivity contribution in [3.05, 3.63) is 69.1 Å². The third-order valence-corrected chi connectivity index (χ3v) is 7.04. The Hall–Kier alpha value is -2.87. The van der Waals surface area contributed by atoms with Crippen molar-refractivity contribution >= 4 is 17.5 Å². The molecule has 3 aromatic rings. The van der Waals surface area contributed by atoms with E-state index in [1.807, 2.05) is 38.1 Å². The Kier molecular flexibility index (Phi) is 6.47. The van der Waals surface area contributed by atoms with Crippen molar-refractivity contribution in [1.82, 2.24) is 4.37 Å². The number of carboxylic acid groups (broad SMARTS) is 1. The molecule has 1 saturated carbocycles. The lowest BCUT2D eigenvalue weighted by atomic mass is 9.99. The van der Waals surface area contributed by atoms with E-state index in [9.17, 15) is 18.0 Å². The second-order valence-electron chi connectivity index (χ2n) is 8.39. The highest BCUT2D eigenvalue weighted by Gasteiger charge is 2.38. The van der Waals surface area contributed by atoms with Crippen LogP contribution in [0.1, 0.15) is 57.9 Å². The monoisotopic (exact) mass is 475 g/mol. The topological polar surface area (TPSA) is 59.4 Å². The van der Waals surface area contributed by atoms with E-state index in [4.69, 9.17) is 9.84 Å². The van der Waals surface area contributed by atoms with Crippen LogP contribution in [0.2, 0.25) is 0 Å². The lowest BCUT2D eigenvalue weighted by Gasteiger charge is -2.15. The van der Waals surface area contributed by atoms with Gasteiger partial charge >= 0.3 is 12.1 Å². The van der Waals surface area contributed by atoms with Crippen molar-refractivity contribution in [2.75, 3.05) is 0 Å². The molecular formula is C25H24F3NO3S. The number of hydrogen-bond donors (Lipinski definition) is 1. The van der Waals surface area contributed by atoms with Gasteiger partial charge in [-0.3, -0.25) is 4.79 Å². The Morgan fingerprint density at radius 1 is 1.12 bits per heavy atom. The van der Waals surface area contributed by atoms with Crippen LogP contribution in [0.5, 0.6) is 5.75 Å². The highest BCUT2D eigenvalue weighted by molar-refractivity contribution is 7.06. The Labute approximate surface area is 194 Å². The molecule has 0 radical (unpaired) electrons. The highest BCUT2D eigenvalue weighted by atomic mass is 32.1. The summed E-state index contributed by atoms with van der Waals surface area (Å²) >= 11 is 0.444. The number of hydrogen-bond acceptors (Lipinski definition) is 4. The van der Waals surface area contributed by atoms with E-state index < -0.39 is 17.0 Å². The zero-order chi connectivity index (χ0) is 23.8. The number of carbonyl (C=O) groups is 1. The van der Waals surface area contributed by atoms with Gasteiger partial charge in [0.2, 0.25) is 0 Å². The van der Waals surface area contributed by atoms with Crippen LogP contribution >= 0.6 is 11.5 Å². The molecule has 4 rings (SSSR count). The minimum atomic E-state index is -4.52. The number of halogens is 3. The molecule has 1 aromatic heterocycles. The van der Waals surface area contributed by atoms with Gasteiger partial charge in [0, 0.05) is 17.5 Å². The number of benzene rings is 2. The number of alkyl halides is 3. The molecule has 0 spiro atoms. The van der Waals surface area contributed by atoms with Gasteiger partial charge in [-0.15, -0.1) is 0 Å². The molecule has 4 nitrogen and oxygen atoms in total. The summed E-state index contributed by atoms with van der Waals surface area (Å²) in [4.78, 5) is 10.1. The van der Waals surface area contributed by atoms with E-state index in [2.05, 4.69) is 4.37 Å². The van der Waals surface area contributed by atoms with Crippen LogP contribution in [-0.2, 0) is 24.0 Å². The van der Waals surface area contributed by atoms with Crippen molar-refractivity contribution in [2.24, 2.45) is 0 Å². The molecule has 8 heteroatoms. The summed E-state index contributed by atoms with van der Waals surface area (Å²) in [6.45, 7) is 3.42. The summed E-state index contributed by atoms with van der Waals surface area (Å²) in [6.07, 6.45) is -1.81. The standard InChI is InChI=1S/C25H24F3NO3S/c1-14-15(2)21(11-9-16(14)10-12-22(30)31)32-13-20-23(29-33-24(20)25(26,27)28)19-7-5-18(6-8-19)17-3-4-17/h5-9,11,17H,3-4,10,12-13H2,1-2H3,(H,30,31). The maximum Gasteiger partial charge on any atom is 0.427 e. The van der Waals surface area contributed by atoms with Gasteiger partial charge < -0.3 is 9.84 Å². The minimum Gasteiger partial charge on any atom is -0.488 e. The number of aliphatic carboxylic acids is 1. The molecule has 174 valence electrons. The van der Waals surface area contributed by atoms with E-state index in [1.165, 1.54) is 5.56 Å². The summed E-state index contributed by atoms with van der Waals surface area (Å²) in [5.41, 5.74) is 4.71. The predicted octanol–water partition coefficient (Wildman–Crippen LogP) is 6.92. The van der Waals surface area contributed by atoms with Gasteiger partial charge in [0.1, 0.15) is 17.2 Å². The summed E-state index contributed by atoms with van der Waals surface area (Å²) < 4.78 is 51.1. The average molecular weight is 476 g/mol. The lowest BCUT2D eigenvalue weighted by Crippen LogP contribution is -2.09. The molecule has 0 unspecified atom stereocenters. The summed E-state index contributed by atoms with van der Waals surface area (Å²) in [5.74, 6) is 0.156. The summed E-state index contributed by atoms with van der Waals surface area (Å²) in [7, 11) is 0. The third-order valence-electron chi connectivity index (χ3n) is 6.11. The van der Waals surface area contributed by atoms with Crippen molar-refractivity contribution in [3.8, 4) is 17.0 Å². The van der Waals surface area contributed by atoms with Crippen LogP contribution in [0.3, 0.4) is 0 Å². The normalized spacial score (nSPS) is 13.8. The maximum absolute atomic E-state index is 13.7. The van der Waals surface area contributed by atoms with Crippen molar-refractivity contribution in [3.63, 3.8) is 0 Å². The molecule has 0 saturated heterocycles. The van der Waals surface area contributed by atoms with Crippen molar-refractivity contribution in [2.45, 2.75) is 58.2 Å². The zero-order valence-corrected chi connectivity index (χ0v) is 19.1. The van der Waals surface area contributed by atoms with E-state index in [1.54, 1.807) is 12.1 Å². The van der Waals surface area contributed by atoms with E-state index in [0.29, 0.717) is 40.9 Å². The first kappa shape index (κ1) is 23.3. The van der Waals surface area contributed by atoms with Gasteiger partial charge in [-0.2, -0.15) is 17.5 Å². The van der Waals surface area contributed by atoms with E-state index in [0.717, 1.165) is 29.5 Å². The first-order chi connectivity index (χ1) is 15.6. The smallest absolute Gasteiger partial charge is 0.427 e. The van der Waals surface area contributed by atoms with Gasteiger partial charge in [-0.25, -0.2) is 0 Å². The molecule has 33 heavy (non-hydrogen) atoms. The fraction of sp³-hybridized carbons (Fsp3) is 0.360. The van der Waals surface area contributed by atoms with Crippen LogP contribution in [0, 0.1) is 13.8 Å². The predicted molar refractivity (Wildman–Crippen MR) is 121 cm³/mol. The molecule has 0 aliphatic heterocycles. The van der Waals surface area contributed by atoms with Gasteiger partial charge in [-0.1, -0.05) is 30.3 Å². The Balaban J connectivity index is 1.60. The highest BCUT2D eigenvalue weighted by Crippen LogP contribution is 2.43. The van der Waals surface area contributed by atoms with Crippen LogP contribution in [0.15, 0.2) is 36.4 Å². The fourth-order valence-corrected chi connectivity index (χ4v) is 4.66. The Morgan fingerprint density at radius 3 is 2.42 bits per heavy atom. The maximum atomic E-state index is 13.7. The second-order valence-corrected chi connectivity index (χ2v) is 9.16. The van der Waals surface area contributed by atoms with Crippen LogP contribution in [0.4, 0.5) is 13.2 Å². The van der Waals surface area contributed by atoms with Gasteiger partial charge in [-0.05, 0) is 78.9 Å². The quantitative estimate of drug-likeness (QED) is 0.384. The van der Waals surface area contributed by atoms with Gasteiger partial charge in [0.05, 0.1) is 5.69 Å². The van der Waals surface area contributed by atoms with Crippen LogP contribution < -0.4 is 4.74 Å². The Bertz CT molecular complexity index is 1160. The Morgan fingerprint density at radius 2 is 1.82 bits per heavy atom. The largest absolute Gasteiger partial charge is 0.488 e. The lowest BCUT2D eigenvalue weighted by molar-refractivity contribution is -0.137. The molecule has 1 heterocycles. The number of carboxylic acids is 1. The molecule has 1 aliphatic rings. The first-order valence-corrected chi connectivity index (χ1v) is 11.5. The third kappa shape index (κ3) is 5.21. The second kappa shape index (κ2) is 9.17. The van der Waals surface area contributed by atoms with Crippen molar-refractivity contribution in [1.29, 1.82) is 0 Å². The van der Waals surface area contributed by atoms with E-state index in [-0.39, 0.29) is 18.6 Å². The van der Waals surface area contributed by atoms with E-state index >= 15 is 0 Å².